The van der Waals surface area contributed by atoms with Crippen LogP contribution in [0.5, 0.6) is 5.75 Å². The Bertz CT molecular complexity index is 711. The van der Waals surface area contributed by atoms with Crippen LogP contribution in [0.3, 0.4) is 0 Å². The zero-order chi connectivity index (χ0) is 15.5. The van der Waals surface area contributed by atoms with E-state index in [1.54, 1.807) is 17.8 Å². The summed E-state index contributed by atoms with van der Waals surface area (Å²) in [6.07, 6.45) is 1.72. The van der Waals surface area contributed by atoms with Crippen molar-refractivity contribution >= 4 is 23.5 Å². The molecule has 1 aliphatic heterocycles. The second-order valence-electron chi connectivity index (χ2n) is 4.99. The third-order valence-corrected chi connectivity index (χ3v) is 4.71. The van der Waals surface area contributed by atoms with E-state index in [1.807, 2.05) is 31.2 Å². The number of H-pyrrole nitrogens is 1. The minimum Gasteiger partial charge on any atom is -0.489 e. The van der Waals surface area contributed by atoms with Crippen molar-refractivity contribution in [1.29, 1.82) is 0 Å². The van der Waals surface area contributed by atoms with Gasteiger partial charge in [-0.05, 0) is 13.0 Å². The number of nitrogens with one attached hydrogen (secondary N) is 2. The maximum atomic E-state index is 11.9. The lowest BCUT2D eigenvalue weighted by Crippen LogP contribution is -2.12. The zero-order valence-corrected chi connectivity index (χ0v) is 13.1. The van der Waals surface area contributed by atoms with Crippen molar-refractivity contribution in [2.24, 2.45) is 0 Å². The summed E-state index contributed by atoms with van der Waals surface area (Å²) in [7, 11) is 0. The first-order chi connectivity index (χ1) is 10.7. The van der Waals surface area contributed by atoms with Gasteiger partial charge in [-0.15, -0.1) is 11.8 Å². The minimum atomic E-state index is -0.0373. The largest absolute Gasteiger partial charge is 0.489 e. The SMILES string of the molecule is C=CCOc1ccccc1[C@H]1SCC(=O)Nc2n[nH]c(C)c21. The lowest BCUT2D eigenvalue weighted by atomic mass is 10.0. The van der Waals surface area contributed by atoms with Crippen molar-refractivity contribution in [1.82, 2.24) is 10.2 Å². The molecule has 22 heavy (non-hydrogen) atoms. The molecule has 0 fully saturated rings. The van der Waals surface area contributed by atoms with Gasteiger partial charge in [0.25, 0.3) is 0 Å². The van der Waals surface area contributed by atoms with E-state index in [4.69, 9.17) is 4.74 Å². The predicted octanol–water partition coefficient (Wildman–Crippen LogP) is 3.06. The van der Waals surface area contributed by atoms with Gasteiger partial charge in [-0.3, -0.25) is 9.89 Å². The second-order valence-corrected chi connectivity index (χ2v) is 6.08. The van der Waals surface area contributed by atoms with Crippen molar-refractivity contribution in [2.75, 3.05) is 17.7 Å². The van der Waals surface area contributed by atoms with E-state index in [0.717, 1.165) is 22.6 Å². The van der Waals surface area contributed by atoms with E-state index in [9.17, 15) is 4.79 Å². The van der Waals surface area contributed by atoms with Crippen molar-refractivity contribution in [2.45, 2.75) is 12.2 Å². The molecule has 2 N–H and O–H groups in total. The number of aromatic nitrogens is 2. The number of benzene rings is 1. The van der Waals surface area contributed by atoms with Gasteiger partial charge in [0.05, 0.1) is 11.0 Å². The van der Waals surface area contributed by atoms with Gasteiger partial charge in [0.2, 0.25) is 5.91 Å². The van der Waals surface area contributed by atoms with Crippen LogP contribution in [0.2, 0.25) is 0 Å². The molecular formula is C16H17N3O2S. The molecule has 0 unspecified atom stereocenters. The van der Waals surface area contributed by atoms with E-state index in [0.29, 0.717) is 18.2 Å². The molecule has 1 atom stereocenters. The topological polar surface area (TPSA) is 67.0 Å². The Hall–Kier alpha value is -2.21. The molecule has 114 valence electrons. The fraction of sp³-hybridized carbons (Fsp3) is 0.250. The van der Waals surface area contributed by atoms with E-state index >= 15 is 0 Å². The van der Waals surface area contributed by atoms with Crippen molar-refractivity contribution in [3.63, 3.8) is 0 Å². The van der Waals surface area contributed by atoms with Gasteiger partial charge in [-0.2, -0.15) is 5.10 Å². The Morgan fingerprint density at radius 1 is 1.50 bits per heavy atom. The molecule has 0 aliphatic carbocycles. The minimum absolute atomic E-state index is 0.00582. The first-order valence-corrected chi connectivity index (χ1v) is 8.04. The maximum absolute atomic E-state index is 11.9. The summed E-state index contributed by atoms with van der Waals surface area (Å²) in [6, 6.07) is 7.89. The van der Waals surface area contributed by atoms with Gasteiger partial charge in [0.1, 0.15) is 12.4 Å². The molecule has 0 saturated heterocycles. The Kier molecular flexibility index (Phi) is 4.20. The van der Waals surface area contributed by atoms with Gasteiger partial charge in [0.15, 0.2) is 5.82 Å². The number of fused-ring (bicyclic) bond motifs is 1. The van der Waals surface area contributed by atoms with Crippen LogP contribution in [0.4, 0.5) is 5.82 Å². The predicted molar refractivity (Wildman–Crippen MR) is 88.4 cm³/mol. The Labute approximate surface area is 133 Å². The van der Waals surface area contributed by atoms with Crippen LogP contribution in [0.25, 0.3) is 0 Å². The third kappa shape index (κ3) is 2.74. The van der Waals surface area contributed by atoms with Crippen LogP contribution >= 0.6 is 11.8 Å². The second kappa shape index (κ2) is 6.27. The fourth-order valence-electron chi connectivity index (χ4n) is 2.49. The smallest absolute Gasteiger partial charge is 0.235 e. The molecule has 0 saturated carbocycles. The van der Waals surface area contributed by atoms with Gasteiger partial charge in [-0.25, -0.2) is 0 Å². The van der Waals surface area contributed by atoms with Crippen molar-refractivity contribution in [3.05, 3.63) is 53.7 Å². The average molecular weight is 315 g/mol. The van der Waals surface area contributed by atoms with Crippen LogP contribution < -0.4 is 10.1 Å². The molecule has 2 aromatic rings. The summed E-state index contributed by atoms with van der Waals surface area (Å²) in [5, 5.41) is 10.0. The Morgan fingerprint density at radius 3 is 3.14 bits per heavy atom. The zero-order valence-electron chi connectivity index (χ0n) is 12.3. The van der Waals surface area contributed by atoms with Crippen LogP contribution in [-0.4, -0.2) is 28.5 Å². The molecule has 5 nitrogen and oxygen atoms in total. The quantitative estimate of drug-likeness (QED) is 0.851. The number of thioether (sulfide) groups is 1. The number of nitrogens with zero attached hydrogens (tertiary/aromatic N) is 1. The molecular weight excluding hydrogens is 298 g/mol. The summed E-state index contributed by atoms with van der Waals surface area (Å²) in [4.78, 5) is 11.9. The van der Waals surface area contributed by atoms with E-state index in [1.165, 1.54) is 0 Å². The fourth-order valence-corrected chi connectivity index (χ4v) is 3.71. The Morgan fingerprint density at radius 2 is 2.32 bits per heavy atom. The van der Waals surface area contributed by atoms with Gasteiger partial charge >= 0.3 is 0 Å². The number of hydrogen-bond acceptors (Lipinski definition) is 4. The molecule has 0 bridgehead atoms. The number of rotatable bonds is 4. The van der Waals surface area contributed by atoms with Gasteiger partial charge < -0.3 is 10.1 Å². The molecule has 0 radical (unpaired) electrons. The van der Waals surface area contributed by atoms with Gasteiger partial charge in [0, 0.05) is 16.8 Å². The highest BCUT2D eigenvalue weighted by Gasteiger charge is 2.29. The molecule has 1 amide bonds. The molecule has 0 spiro atoms. The van der Waals surface area contributed by atoms with E-state index < -0.39 is 0 Å². The van der Waals surface area contributed by atoms with Crippen LogP contribution in [0.15, 0.2) is 36.9 Å². The van der Waals surface area contributed by atoms with Gasteiger partial charge in [-0.1, -0.05) is 30.9 Å². The normalized spacial score (nSPS) is 17.3. The molecule has 1 aromatic heterocycles. The average Bonchev–Trinajstić information content (AvgIpc) is 2.78. The molecule has 1 aromatic carbocycles. The highest BCUT2D eigenvalue weighted by molar-refractivity contribution is 8.00. The first kappa shape index (κ1) is 14.7. The Balaban J connectivity index is 2.06. The maximum Gasteiger partial charge on any atom is 0.235 e. The summed E-state index contributed by atoms with van der Waals surface area (Å²) in [5.74, 6) is 1.76. The van der Waals surface area contributed by atoms with E-state index in [-0.39, 0.29) is 11.2 Å². The number of carbonyl (C=O) groups is 1. The molecule has 1 aliphatic rings. The van der Waals surface area contributed by atoms with Crippen molar-refractivity contribution in [3.8, 4) is 5.75 Å². The first-order valence-electron chi connectivity index (χ1n) is 6.99. The monoisotopic (exact) mass is 315 g/mol. The standard InChI is InChI=1S/C16H17N3O2S/c1-3-8-21-12-7-5-4-6-11(12)15-14-10(2)18-19-16(14)17-13(20)9-22-15/h3-7,15H,1,8-9H2,2H3,(H2,17,18,19,20)/t15-/m1/s1. The number of amides is 1. The lowest BCUT2D eigenvalue weighted by Gasteiger charge is -2.18. The van der Waals surface area contributed by atoms with Crippen LogP contribution in [0, 0.1) is 6.92 Å². The van der Waals surface area contributed by atoms with Crippen LogP contribution in [0.1, 0.15) is 22.1 Å². The van der Waals surface area contributed by atoms with E-state index in [2.05, 4.69) is 22.1 Å². The third-order valence-electron chi connectivity index (χ3n) is 3.45. The number of ether oxygens (including phenoxy) is 1. The molecule has 6 heteroatoms. The van der Waals surface area contributed by atoms with Crippen LogP contribution in [-0.2, 0) is 4.79 Å². The summed E-state index contributed by atoms with van der Waals surface area (Å²) in [5.41, 5.74) is 3.00. The lowest BCUT2D eigenvalue weighted by molar-refractivity contribution is -0.113. The number of aromatic amines is 1. The number of aryl methyl sites for hydroxylation is 1. The summed E-state index contributed by atoms with van der Waals surface area (Å²) >= 11 is 1.58. The highest BCUT2D eigenvalue weighted by Crippen LogP contribution is 2.45. The molecule has 2 heterocycles. The number of carbonyl (C=O) groups excluding carboxylic acids is 1. The van der Waals surface area contributed by atoms with Crippen molar-refractivity contribution < 1.29 is 9.53 Å². The molecule has 3 rings (SSSR count). The number of para-hydroxylation sites is 1. The summed E-state index contributed by atoms with van der Waals surface area (Å²) in [6.45, 7) is 6.09. The summed E-state index contributed by atoms with van der Waals surface area (Å²) < 4.78 is 5.77. The highest BCUT2D eigenvalue weighted by atomic mass is 32.2. The number of hydrogen-bond donors (Lipinski definition) is 2. The number of anilines is 1.